The molecule has 0 unspecified atom stereocenters. The largest absolute Gasteiger partial charge is 0.326 e. The number of aromatic nitrogens is 2. The number of benzene rings is 2. The van der Waals surface area contributed by atoms with E-state index < -0.39 is 0 Å². The summed E-state index contributed by atoms with van der Waals surface area (Å²) >= 11 is 0. The van der Waals surface area contributed by atoms with Gasteiger partial charge in [-0.25, -0.2) is 4.98 Å². The van der Waals surface area contributed by atoms with Crippen LogP contribution in [0.1, 0.15) is 19.4 Å². The Hall–Kier alpha value is -3.13. The maximum Gasteiger partial charge on any atom is 0.262 e. The first-order chi connectivity index (χ1) is 11.6. The maximum absolute atomic E-state index is 12.8. The highest BCUT2D eigenvalue weighted by molar-refractivity contribution is 5.79. The van der Waals surface area contributed by atoms with Crippen molar-refractivity contribution in [3.8, 4) is 6.07 Å². The zero-order valence-electron chi connectivity index (χ0n) is 13.7. The number of fused-ring (bicyclic) bond motifs is 1. The molecule has 0 aliphatic carbocycles. The highest BCUT2D eigenvalue weighted by atomic mass is 16.1. The SMILES string of the molecule is CC(C)Cn1c(Nc2ccc(C#N)cc2)nc2ccccc2c1=O. The first-order valence-electron chi connectivity index (χ1n) is 7.85. The van der Waals surface area contributed by atoms with Gasteiger partial charge in [0.1, 0.15) is 0 Å². The summed E-state index contributed by atoms with van der Waals surface area (Å²) < 4.78 is 1.67. The van der Waals surface area contributed by atoms with Gasteiger partial charge < -0.3 is 5.32 Å². The molecule has 0 aliphatic rings. The monoisotopic (exact) mass is 318 g/mol. The molecule has 0 bridgehead atoms. The second-order valence-corrected chi connectivity index (χ2v) is 6.08. The van der Waals surface area contributed by atoms with Crippen LogP contribution in [0.2, 0.25) is 0 Å². The number of nitriles is 1. The minimum absolute atomic E-state index is 0.0505. The molecule has 0 radical (unpaired) electrons. The predicted octanol–water partition coefficient (Wildman–Crippen LogP) is 3.67. The van der Waals surface area contributed by atoms with E-state index in [1.807, 2.05) is 18.2 Å². The molecule has 0 atom stereocenters. The van der Waals surface area contributed by atoms with Crippen LogP contribution in [0.3, 0.4) is 0 Å². The van der Waals surface area contributed by atoms with E-state index in [1.165, 1.54) is 0 Å². The highest BCUT2D eigenvalue weighted by Gasteiger charge is 2.12. The fourth-order valence-corrected chi connectivity index (χ4v) is 2.56. The molecule has 3 rings (SSSR count). The molecule has 1 N–H and O–H groups in total. The van der Waals surface area contributed by atoms with Gasteiger partial charge in [0.2, 0.25) is 5.95 Å². The summed E-state index contributed by atoms with van der Waals surface area (Å²) in [5.74, 6) is 0.823. The van der Waals surface area contributed by atoms with Gasteiger partial charge in [-0.15, -0.1) is 0 Å². The van der Waals surface area contributed by atoms with Crippen molar-refractivity contribution in [1.29, 1.82) is 5.26 Å². The molecule has 120 valence electrons. The van der Waals surface area contributed by atoms with Gasteiger partial charge in [-0.1, -0.05) is 26.0 Å². The van der Waals surface area contributed by atoms with Crippen molar-refractivity contribution < 1.29 is 0 Å². The van der Waals surface area contributed by atoms with Crippen LogP contribution in [0.5, 0.6) is 0 Å². The van der Waals surface area contributed by atoms with Crippen molar-refractivity contribution in [3.05, 3.63) is 64.4 Å². The first-order valence-corrected chi connectivity index (χ1v) is 7.85. The van der Waals surface area contributed by atoms with Crippen LogP contribution in [0.4, 0.5) is 11.6 Å². The van der Waals surface area contributed by atoms with Crippen molar-refractivity contribution in [1.82, 2.24) is 9.55 Å². The molecule has 3 aromatic rings. The van der Waals surface area contributed by atoms with E-state index in [2.05, 4.69) is 30.2 Å². The van der Waals surface area contributed by atoms with E-state index in [4.69, 9.17) is 5.26 Å². The highest BCUT2D eigenvalue weighted by Crippen LogP contribution is 2.18. The molecule has 0 saturated carbocycles. The standard InChI is InChI=1S/C19H18N4O/c1-13(2)12-23-18(24)16-5-3-4-6-17(16)22-19(23)21-15-9-7-14(11-20)8-10-15/h3-10,13H,12H2,1-2H3,(H,21,22). The van der Waals surface area contributed by atoms with Gasteiger partial charge in [-0.3, -0.25) is 9.36 Å². The summed E-state index contributed by atoms with van der Waals surface area (Å²) in [6.07, 6.45) is 0. The van der Waals surface area contributed by atoms with Crippen LogP contribution in [-0.2, 0) is 6.54 Å². The Labute approximate surface area is 140 Å². The summed E-state index contributed by atoms with van der Waals surface area (Å²) in [5.41, 5.74) is 1.99. The number of hydrogen-bond acceptors (Lipinski definition) is 4. The lowest BCUT2D eigenvalue weighted by Gasteiger charge is -2.16. The summed E-state index contributed by atoms with van der Waals surface area (Å²) in [4.78, 5) is 17.4. The third-order valence-electron chi connectivity index (χ3n) is 3.68. The van der Waals surface area contributed by atoms with Crippen LogP contribution in [0, 0.1) is 17.2 Å². The number of hydrogen-bond donors (Lipinski definition) is 1. The second kappa shape index (κ2) is 6.55. The topological polar surface area (TPSA) is 70.7 Å². The quantitative estimate of drug-likeness (QED) is 0.797. The van der Waals surface area contributed by atoms with Crippen molar-refractivity contribution in [2.75, 3.05) is 5.32 Å². The zero-order chi connectivity index (χ0) is 17.1. The van der Waals surface area contributed by atoms with E-state index in [-0.39, 0.29) is 5.56 Å². The molecular formula is C19H18N4O. The van der Waals surface area contributed by atoms with E-state index in [9.17, 15) is 4.79 Å². The molecule has 0 fully saturated rings. The molecule has 0 spiro atoms. The number of nitrogens with zero attached hydrogens (tertiary/aromatic N) is 3. The third-order valence-corrected chi connectivity index (χ3v) is 3.68. The van der Waals surface area contributed by atoms with E-state index >= 15 is 0 Å². The van der Waals surface area contributed by atoms with Crippen molar-refractivity contribution >= 4 is 22.5 Å². The smallest absolute Gasteiger partial charge is 0.262 e. The third kappa shape index (κ3) is 3.13. The molecule has 1 aromatic heterocycles. The van der Waals surface area contributed by atoms with Crippen LogP contribution in [0.15, 0.2) is 53.3 Å². The Morgan fingerprint density at radius 3 is 2.54 bits per heavy atom. The normalized spacial score (nSPS) is 10.8. The van der Waals surface area contributed by atoms with Crippen LogP contribution in [0.25, 0.3) is 10.9 Å². The van der Waals surface area contributed by atoms with Gasteiger partial charge in [0, 0.05) is 12.2 Å². The average molecular weight is 318 g/mol. The minimum Gasteiger partial charge on any atom is -0.326 e. The van der Waals surface area contributed by atoms with Gasteiger partial charge >= 0.3 is 0 Å². The number of para-hydroxylation sites is 1. The molecule has 24 heavy (non-hydrogen) atoms. The fraction of sp³-hybridized carbons (Fsp3) is 0.211. The molecule has 5 heteroatoms. The fourth-order valence-electron chi connectivity index (χ4n) is 2.56. The van der Waals surface area contributed by atoms with Gasteiger partial charge in [0.05, 0.1) is 22.5 Å². The zero-order valence-corrected chi connectivity index (χ0v) is 13.7. The predicted molar refractivity (Wildman–Crippen MR) is 95.3 cm³/mol. The second-order valence-electron chi connectivity index (χ2n) is 6.08. The van der Waals surface area contributed by atoms with Crippen molar-refractivity contribution in [2.24, 2.45) is 5.92 Å². The Morgan fingerprint density at radius 2 is 1.88 bits per heavy atom. The number of rotatable bonds is 4. The summed E-state index contributed by atoms with van der Waals surface area (Å²) in [7, 11) is 0. The Bertz CT molecular complexity index is 965. The first kappa shape index (κ1) is 15.8. The number of nitrogens with one attached hydrogen (secondary N) is 1. The lowest BCUT2D eigenvalue weighted by molar-refractivity contribution is 0.514. The van der Waals surface area contributed by atoms with Gasteiger partial charge in [0.25, 0.3) is 5.56 Å². The Morgan fingerprint density at radius 1 is 1.17 bits per heavy atom. The summed E-state index contributed by atoms with van der Waals surface area (Å²) in [6.45, 7) is 4.70. The van der Waals surface area contributed by atoms with Crippen LogP contribution in [-0.4, -0.2) is 9.55 Å². The summed E-state index contributed by atoms with van der Waals surface area (Å²) in [6, 6.07) is 16.5. The van der Waals surface area contributed by atoms with Crippen molar-refractivity contribution in [3.63, 3.8) is 0 Å². The van der Waals surface area contributed by atoms with E-state index in [0.717, 1.165) is 5.69 Å². The number of anilines is 2. The van der Waals surface area contributed by atoms with Gasteiger partial charge in [-0.2, -0.15) is 5.26 Å². The summed E-state index contributed by atoms with van der Waals surface area (Å²) in [5, 5.41) is 12.7. The Balaban J connectivity index is 2.10. The molecule has 5 nitrogen and oxygen atoms in total. The lowest BCUT2D eigenvalue weighted by atomic mass is 10.2. The van der Waals surface area contributed by atoms with E-state index in [0.29, 0.717) is 34.9 Å². The Kier molecular flexibility index (Phi) is 4.30. The molecule has 0 amide bonds. The molecule has 0 aliphatic heterocycles. The average Bonchev–Trinajstić information content (AvgIpc) is 2.59. The van der Waals surface area contributed by atoms with Crippen LogP contribution < -0.4 is 10.9 Å². The molecular weight excluding hydrogens is 300 g/mol. The molecule has 1 heterocycles. The van der Waals surface area contributed by atoms with E-state index in [1.54, 1.807) is 34.9 Å². The van der Waals surface area contributed by atoms with Gasteiger partial charge in [0.15, 0.2) is 0 Å². The van der Waals surface area contributed by atoms with Crippen LogP contribution >= 0.6 is 0 Å². The van der Waals surface area contributed by atoms with Crippen molar-refractivity contribution in [2.45, 2.75) is 20.4 Å². The molecule has 2 aromatic carbocycles. The molecule has 0 saturated heterocycles. The minimum atomic E-state index is -0.0505. The lowest BCUT2D eigenvalue weighted by Crippen LogP contribution is -2.26. The maximum atomic E-state index is 12.8. The van der Waals surface area contributed by atoms with Gasteiger partial charge in [-0.05, 0) is 42.3 Å².